The zero-order valence-corrected chi connectivity index (χ0v) is 12.8. The molecule has 5 heteroatoms. The van der Waals surface area contributed by atoms with Crippen LogP contribution in [0.5, 0.6) is 0 Å². The topological polar surface area (TPSA) is 54.2 Å². The number of hydrogen-bond donors (Lipinski definition) is 2. The fraction of sp³-hybridized carbons (Fsp3) is 0.600. The number of nitrogens with one attached hydrogen (secondary N) is 2. The largest absolute Gasteiger partial charge is 0.369 e. The minimum atomic E-state index is 0.384. The predicted molar refractivity (Wildman–Crippen MR) is 84.3 cm³/mol. The molecule has 0 fully saturated rings. The predicted octanol–water partition coefficient (Wildman–Crippen LogP) is 3.40. The number of rotatable bonds is 7. The molecule has 1 atom stereocenters. The van der Waals surface area contributed by atoms with E-state index in [-0.39, 0.29) is 0 Å². The highest BCUT2D eigenvalue weighted by atomic mass is 15.1. The summed E-state index contributed by atoms with van der Waals surface area (Å²) >= 11 is 0. The molecule has 2 aromatic heterocycles. The average molecular weight is 275 g/mol. The van der Waals surface area contributed by atoms with E-state index in [1.807, 2.05) is 16.8 Å². The summed E-state index contributed by atoms with van der Waals surface area (Å²) in [7, 11) is 0. The van der Waals surface area contributed by atoms with Crippen molar-refractivity contribution in [2.24, 2.45) is 5.92 Å². The van der Waals surface area contributed by atoms with Crippen LogP contribution in [-0.4, -0.2) is 27.0 Å². The Kier molecular flexibility index (Phi) is 4.82. The highest BCUT2D eigenvalue weighted by Gasteiger charge is 2.16. The van der Waals surface area contributed by atoms with Crippen LogP contribution in [0.4, 0.5) is 11.6 Å². The van der Waals surface area contributed by atoms with Gasteiger partial charge in [0.15, 0.2) is 11.5 Å². The van der Waals surface area contributed by atoms with E-state index in [1.165, 1.54) is 12.8 Å². The molecule has 5 nitrogen and oxygen atoms in total. The van der Waals surface area contributed by atoms with Crippen LogP contribution >= 0.6 is 0 Å². The van der Waals surface area contributed by atoms with Gasteiger partial charge in [-0.05, 0) is 19.8 Å². The van der Waals surface area contributed by atoms with Crippen molar-refractivity contribution in [3.8, 4) is 0 Å². The molecule has 2 rings (SSSR count). The molecule has 20 heavy (non-hydrogen) atoms. The first-order valence-electron chi connectivity index (χ1n) is 7.53. The fourth-order valence-electron chi connectivity index (χ4n) is 2.62. The molecule has 0 bridgehead atoms. The van der Waals surface area contributed by atoms with E-state index in [0.717, 1.165) is 23.8 Å². The Morgan fingerprint density at radius 2 is 2.00 bits per heavy atom. The van der Waals surface area contributed by atoms with Crippen molar-refractivity contribution in [3.05, 3.63) is 18.6 Å². The lowest BCUT2D eigenvalue weighted by Crippen LogP contribution is -2.26. The monoisotopic (exact) mass is 275 g/mol. The van der Waals surface area contributed by atoms with E-state index in [4.69, 9.17) is 0 Å². The van der Waals surface area contributed by atoms with Crippen molar-refractivity contribution in [2.75, 3.05) is 17.2 Å². The highest BCUT2D eigenvalue weighted by molar-refractivity contribution is 5.65. The van der Waals surface area contributed by atoms with Crippen molar-refractivity contribution in [3.63, 3.8) is 0 Å². The van der Waals surface area contributed by atoms with Crippen LogP contribution in [0.3, 0.4) is 0 Å². The molecule has 2 aromatic rings. The van der Waals surface area contributed by atoms with Gasteiger partial charge < -0.3 is 15.0 Å². The van der Waals surface area contributed by atoms with Gasteiger partial charge in [0.05, 0.1) is 6.20 Å². The summed E-state index contributed by atoms with van der Waals surface area (Å²) < 4.78 is 2.01. The average Bonchev–Trinajstić information content (AvgIpc) is 2.89. The first-order chi connectivity index (χ1) is 9.69. The van der Waals surface area contributed by atoms with Crippen molar-refractivity contribution >= 4 is 17.3 Å². The molecule has 0 aliphatic carbocycles. The summed E-state index contributed by atoms with van der Waals surface area (Å²) in [4.78, 5) is 9.04. The summed E-state index contributed by atoms with van der Waals surface area (Å²) in [6, 6.07) is 0.384. The first kappa shape index (κ1) is 14.6. The van der Waals surface area contributed by atoms with E-state index in [9.17, 15) is 0 Å². The van der Waals surface area contributed by atoms with Crippen LogP contribution in [0.15, 0.2) is 18.6 Å². The maximum absolute atomic E-state index is 4.65. The van der Waals surface area contributed by atoms with Gasteiger partial charge >= 0.3 is 0 Å². The molecule has 0 aliphatic heterocycles. The highest BCUT2D eigenvalue weighted by Crippen LogP contribution is 2.21. The van der Waals surface area contributed by atoms with Crippen LogP contribution in [0.1, 0.15) is 40.5 Å². The van der Waals surface area contributed by atoms with Gasteiger partial charge in [0, 0.05) is 25.0 Å². The van der Waals surface area contributed by atoms with Crippen LogP contribution in [0.25, 0.3) is 5.65 Å². The van der Waals surface area contributed by atoms with Crippen molar-refractivity contribution in [1.82, 2.24) is 14.4 Å². The molecule has 2 heterocycles. The standard InChI is InChI=1S/C15H25N5/c1-5-12(6-2)11(4)18-14-15-17-8-9-20(15)10-13(19-14)16-7-3/h8-12,16H,5-7H2,1-4H3,(H,18,19). The van der Waals surface area contributed by atoms with Gasteiger partial charge in [-0.3, -0.25) is 0 Å². The number of nitrogens with zero attached hydrogens (tertiary/aromatic N) is 3. The minimum absolute atomic E-state index is 0.384. The fourth-order valence-corrected chi connectivity index (χ4v) is 2.62. The Morgan fingerprint density at radius 1 is 1.25 bits per heavy atom. The first-order valence-corrected chi connectivity index (χ1v) is 7.53. The lowest BCUT2D eigenvalue weighted by atomic mass is 9.95. The number of imidazole rings is 1. The van der Waals surface area contributed by atoms with Gasteiger partial charge in [-0.25, -0.2) is 9.97 Å². The normalized spacial score (nSPS) is 12.8. The molecule has 0 spiro atoms. The zero-order chi connectivity index (χ0) is 14.5. The van der Waals surface area contributed by atoms with Crippen molar-refractivity contribution in [1.29, 1.82) is 0 Å². The van der Waals surface area contributed by atoms with E-state index in [1.54, 1.807) is 6.20 Å². The summed E-state index contributed by atoms with van der Waals surface area (Å²) in [5, 5.41) is 6.80. The van der Waals surface area contributed by atoms with Crippen LogP contribution < -0.4 is 10.6 Å². The Morgan fingerprint density at radius 3 is 2.65 bits per heavy atom. The molecule has 2 N–H and O–H groups in total. The summed E-state index contributed by atoms with van der Waals surface area (Å²) in [6.07, 6.45) is 8.06. The quantitative estimate of drug-likeness (QED) is 0.813. The molecule has 0 aromatic carbocycles. The van der Waals surface area contributed by atoms with Gasteiger partial charge in [0.25, 0.3) is 0 Å². The summed E-state index contributed by atoms with van der Waals surface area (Å²) in [6.45, 7) is 9.62. The molecule has 0 amide bonds. The second-order valence-electron chi connectivity index (χ2n) is 5.17. The van der Waals surface area contributed by atoms with Gasteiger partial charge in [0.1, 0.15) is 5.82 Å². The molecule has 0 radical (unpaired) electrons. The van der Waals surface area contributed by atoms with Gasteiger partial charge in [-0.2, -0.15) is 0 Å². The molecule has 1 unspecified atom stereocenters. The molecule has 110 valence electrons. The number of hydrogen-bond acceptors (Lipinski definition) is 4. The third kappa shape index (κ3) is 3.03. The SMILES string of the molecule is CCNc1cn2ccnc2c(NC(C)C(CC)CC)n1. The second kappa shape index (κ2) is 6.59. The maximum atomic E-state index is 4.65. The van der Waals surface area contributed by atoms with Gasteiger partial charge in [-0.15, -0.1) is 0 Å². The molecule has 0 saturated carbocycles. The summed E-state index contributed by atoms with van der Waals surface area (Å²) in [5.41, 5.74) is 0.879. The van der Waals surface area contributed by atoms with E-state index < -0.39 is 0 Å². The summed E-state index contributed by atoms with van der Waals surface area (Å²) in [5.74, 6) is 2.37. The molecular formula is C15H25N5. The van der Waals surface area contributed by atoms with Crippen LogP contribution in [0.2, 0.25) is 0 Å². The smallest absolute Gasteiger partial charge is 0.180 e. The minimum Gasteiger partial charge on any atom is -0.369 e. The number of fused-ring (bicyclic) bond motifs is 1. The Labute approximate surface area is 120 Å². The molecule has 0 aliphatic rings. The lowest BCUT2D eigenvalue weighted by molar-refractivity contribution is 0.437. The van der Waals surface area contributed by atoms with Crippen LogP contribution in [-0.2, 0) is 0 Å². The molecule has 0 saturated heterocycles. The van der Waals surface area contributed by atoms with Gasteiger partial charge in [-0.1, -0.05) is 26.7 Å². The Bertz CT molecular complexity index is 544. The van der Waals surface area contributed by atoms with E-state index in [0.29, 0.717) is 12.0 Å². The molecular weight excluding hydrogens is 250 g/mol. The Balaban J connectivity index is 2.29. The van der Waals surface area contributed by atoms with Gasteiger partial charge in [0.2, 0.25) is 0 Å². The number of aromatic nitrogens is 3. The second-order valence-corrected chi connectivity index (χ2v) is 5.17. The lowest BCUT2D eigenvalue weighted by Gasteiger charge is -2.23. The van der Waals surface area contributed by atoms with Crippen LogP contribution in [0, 0.1) is 5.92 Å². The maximum Gasteiger partial charge on any atom is 0.180 e. The van der Waals surface area contributed by atoms with E-state index in [2.05, 4.69) is 48.3 Å². The zero-order valence-electron chi connectivity index (χ0n) is 12.8. The third-order valence-electron chi connectivity index (χ3n) is 3.85. The van der Waals surface area contributed by atoms with E-state index >= 15 is 0 Å². The third-order valence-corrected chi connectivity index (χ3v) is 3.85. The number of anilines is 2. The van der Waals surface area contributed by atoms with Crippen molar-refractivity contribution in [2.45, 2.75) is 46.6 Å². The van der Waals surface area contributed by atoms with Crippen molar-refractivity contribution < 1.29 is 0 Å². The Hall–Kier alpha value is -1.78.